The zero-order chi connectivity index (χ0) is 13.3. The van der Waals surface area contributed by atoms with Crippen molar-refractivity contribution in [3.05, 3.63) is 35.1 Å². The molecule has 1 fully saturated rings. The quantitative estimate of drug-likeness (QED) is 0.825. The van der Waals surface area contributed by atoms with Gasteiger partial charge in [0.1, 0.15) is 0 Å². The fourth-order valence-electron chi connectivity index (χ4n) is 2.48. The number of aliphatic carboxylic acids is 1. The molecule has 0 amide bonds. The van der Waals surface area contributed by atoms with Crippen LogP contribution in [0.15, 0.2) is 12.1 Å². The summed E-state index contributed by atoms with van der Waals surface area (Å²) in [5.74, 6) is -5.14. The Morgan fingerprint density at radius 1 is 1.06 bits per heavy atom. The normalized spacial score (nSPS) is 23.9. The number of hydrogen-bond acceptors (Lipinski definition) is 1. The van der Waals surface area contributed by atoms with E-state index in [2.05, 4.69) is 0 Å². The highest BCUT2D eigenvalue weighted by molar-refractivity contribution is 5.70. The Kier molecular flexibility index (Phi) is 3.59. The van der Waals surface area contributed by atoms with Crippen LogP contribution in [0, 0.1) is 23.4 Å². The first-order valence-corrected chi connectivity index (χ1v) is 5.86. The van der Waals surface area contributed by atoms with E-state index in [-0.39, 0.29) is 11.8 Å². The molecule has 0 aromatic heterocycles. The maximum Gasteiger partial charge on any atom is 0.306 e. The highest BCUT2D eigenvalue weighted by Crippen LogP contribution is 2.36. The molecule has 1 aromatic rings. The van der Waals surface area contributed by atoms with Crippen LogP contribution in [0.4, 0.5) is 13.2 Å². The van der Waals surface area contributed by atoms with Gasteiger partial charge in [-0.2, -0.15) is 0 Å². The summed E-state index contributed by atoms with van der Waals surface area (Å²) in [7, 11) is 0. The third kappa shape index (κ3) is 2.49. The van der Waals surface area contributed by atoms with Crippen molar-refractivity contribution in [1.29, 1.82) is 0 Å². The summed E-state index contributed by atoms with van der Waals surface area (Å²) in [6.07, 6.45) is 2.09. The molecule has 1 aliphatic carbocycles. The lowest BCUT2D eigenvalue weighted by Gasteiger charge is -2.26. The molecule has 0 heterocycles. The van der Waals surface area contributed by atoms with E-state index in [0.29, 0.717) is 31.2 Å². The smallest absolute Gasteiger partial charge is 0.306 e. The van der Waals surface area contributed by atoms with E-state index in [0.717, 1.165) is 12.1 Å². The second-order valence-electron chi connectivity index (χ2n) is 4.69. The van der Waals surface area contributed by atoms with Crippen molar-refractivity contribution in [2.75, 3.05) is 0 Å². The number of rotatable bonds is 2. The SMILES string of the molecule is O=C(O)C1CCC(c2cc(F)c(F)c(F)c2)CC1. The van der Waals surface area contributed by atoms with Gasteiger partial charge in [0, 0.05) is 0 Å². The first kappa shape index (κ1) is 12.9. The Hall–Kier alpha value is -1.52. The van der Waals surface area contributed by atoms with Crippen LogP contribution in [-0.2, 0) is 4.79 Å². The first-order valence-electron chi connectivity index (χ1n) is 5.86. The predicted molar refractivity (Wildman–Crippen MR) is 58.7 cm³/mol. The Labute approximate surface area is 102 Å². The number of benzene rings is 1. The molecule has 2 nitrogen and oxygen atoms in total. The molecule has 0 aliphatic heterocycles. The van der Waals surface area contributed by atoms with Gasteiger partial charge in [0.2, 0.25) is 0 Å². The molecule has 0 spiro atoms. The van der Waals surface area contributed by atoms with Gasteiger partial charge in [-0.15, -0.1) is 0 Å². The average molecular weight is 258 g/mol. The summed E-state index contributed by atoms with van der Waals surface area (Å²) >= 11 is 0. The topological polar surface area (TPSA) is 37.3 Å². The van der Waals surface area contributed by atoms with Gasteiger partial charge < -0.3 is 5.11 Å². The number of hydrogen-bond donors (Lipinski definition) is 1. The average Bonchev–Trinajstić information content (AvgIpc) is 2.35. The van der Waals surface area contributed by atoms with E-state index in [1.54, 1.807) is 0 Å². The molecular formula is C13H13F3O2. The molecule has 5 heteroatoms. The second-order valence-corrected chi connectivity index (χ2v) is 4.69. The van der Waals surface area contributed by atoms with Crippen molar-refractivity contribution < 1.29 is 23.1 Å². The summed E-state index contributed by atoms with van der Waals surface area (Å²) < 4.78 is 39.0. The summed E-state index contributed by atoms with van der Waals surface area (Å²) in [6.45, 7) is 0. The van der Waals surface area contributed by atoms with Gasteiger partial charge in [-0.05, 0) is 49.3 Å². The summed E-state index contributed by atoms with van der Waals surface area (Å²) in [5, 5.41) is 8.85. The third-order valence-corrected chi connectivity index (χ3v) is 3.55. The van der Waals surface area contributed by atoms with E-state index in [4.69, 9.17) is 5.11 Å². The standard InChI is InChI=1S/C13H13F3O2/c14-10-5-9(6-11(15)12(10)16)7-1-3-8(4-2-7)13(17)18/h5-8H,1-4H2,(H,17,18). The Balaban J connectivity index is 2.12. The van der Waals surface area contributed by atoms with Gasteiger partial charge >= 0.3 is 5.97 Å². The molecule has 1 saturated carbocycles. The van der Waals surface area contributed by atoms with Gasteiger partial charge in [0.05, 0.1) is 5.92 Å². The molecule has 0 unspecified atom stereocenters. The van der Waals surface area contributed by atoms with E-state index < -0.39 is 23.4 Å². The fraction of sp³-hybridized carbons (Fsp3) is 0.462. The van der Waals surface area contributed by atoms with Crippen LogP contribution >= 0.6 is 0 Å². The molecule has 2 rings (SSSR count). The van der Waals surface area contributed by atoms with Crippen molar-refractivity contribution >= 4 is 5.97 Å². The second kappa shape index (κ2) is 5.00. The molecule has 0 atom stereocenters. The van der Waals surface area contributed by atoms with Gasteiger partial charge in [-0.3, -0.25) is 4.79 Å². The molecule has 0 saturated heterocycles. The third-order valence-electron chi connectivity index (χ3n) is 3.55. The number of carboxylic acids is 1. The van der Waals surface area contributed by atoms with Gasteiger partial charge in [0.25, 0.3) is 0 Å². The van der Waals surface area contributed by atoms with E-state index in [9.17, 15) is 18.0 Å². The Morgan fingerprint density at radius 3 is 2.00 bits per heavy atom. The van der Waals surface area contributed by atoms with Crippen molar-refractivity contribution in [3.63, 3.8) is 0 Å². The van der Waals surface area contributed by atoms with Crippen LogP contribution < -0.4 is 0 Å². The lowest BCUT2D eigenvalue weighted by atomic mass is 9.79. The van der Waals surface area contributed by atoms with Crippen molar-refractivity contribution in [3.8, 4) is 0 Å². The molecule has 0 radical (unpaired) electrons. The predicted octanol–water partition coefficient (Wildman–Crippen LogP) is 3.46. The fourth-order valence-corrected chi connectivity index (χ4v) is 2.48. The maximum atomic E-state index is 13.1. The highest BCUT2D eigenvalue weighted by atomic mass is 19.2. The van der Waals surface area contributed by atoms with Crippen LogP contribution in [0.1, 0.15) is 37.2 Å². The lowest BCUT2D eigenvalue weighted by Crippen LogP contribution is -2.20. The monoisotopic (exact) mass is 258 g/mol. The number of carbonyl (C=O) groups is 1. The molecule has 1 aliphatic rings. The molecule has 1 N–H and O–H groups in total. The van der Waals surface area contributed by atoms with Gasteiger partial charge in [-0.25, -0.2) is 13.2 Å². The zero-order valence-electron chi connectivity index (χ0n) is 9.63. The number of carboxylic acid groups (broad SMARTS) is 1. The van der Waals surface area contributed by atoms with E-state index in [1.165, 1.54) is 0 Å². The van der Waals surface area contributed by atoms with Crippen LogP contribution in [0.5, 0.6) is 0 Å². The van der Waals surface area contributed by atoms with Gasteiger partial charge in [0.15, 0.2) is 17.5 Å². The van der Waals surface area contributed by atoms with Crippen LogP contribution in [0.2, 0.25) is 0 Å². The van der Waals surface area contributed by atoms with Crippen molar-refractivity contribution in [2.24, 2.45) is 5.92 Å². The summed E-state index contributed by atoms with van der Waals surface area (Å²) in [4.78, 5) is 10.8. The van der Waals surface area contributed by atoms with Crippen molar-refractivity contribution in [1.82, 2.24) is 0 Å². The molecule has 0 bridgehead atoms. The molecule has 18 heavy (non-hydrogen) atoms. The minimum atomic E-state index is -1.46. The van der Waals surface area contributed by atoms with Gasteiger partial charge in [-0.1, -0.05) is 0 Å². The van der Waals surface area contributed by atoms with Crippen molar-refractivity contribution in [2.45, 2.75) is 31.6 Å². The largest absolute Gasteiger partial charge is 0.481 e. The lowest BCUT2D eigenvalue weighted by molar-refractivity contribution is -0.142. The Bertz CT molecular complexity index is 442. The Morgan fingerprint density at radius 2 is 1.56 bits per heavy atom. The first-order chi connectivity index (χ1) is 8.49. The molecule has 1 aromatic carbocycles. The van der Waals surface area contributed by atoms with E-state index >= 15 is 0 Å². The molecule has 98 valence electrons. The highest BCUT2D eigenvalue weighted by Gasteiger charge is 2.27. The summed E-state index contributed by atoms with van der Waals surface area (Å²) in [5.41, 5.74) is 0.412. The van der Waals surface area contributed by atoms with Crippen LogP contribution in [0.25, 0.3) is 0 Å². The minimum absolute atomic E-state index is 0.0924. The summed E-state index contributed by atoms with van der Waals surface area (Å²) in [6, 6.07) is 2.01. The van der Waals surface area contributed by atoms with E-state index in [1.807, 2.05) is 0 Å². The van der Waals surface area contributed by atoms with Crippen LogP contribution in [0.3, 0.4) is 0 Å². The number of halogens is 3. The maximum absolute atomic E-state index is 13.1. The minimum Gasteiger partial charge on any atom is -0.481 e. The molecular weight excluding hydrogens is 245 g/mol. The zero-order valence-corrected chi connectivity index (χ0v) is 9.63. The van der Waals surface area contributed by atoms with Crippen LogP contribution in [-0.4, -0.2) is 11.1 Å².